The van der Waals surface area contributed by atoms with Crippen LogP contribution in [0.4, 0.5) is 0 Å². The lowest BCUT2D eigenvalue weighted by molar-refractivity contribution is 1.22. The first-order valence-corrected chi connectivity index (χ1v) is 4.80. The van der Waals surface area contributed by atoms with E-state index in [0.29, 0.717) is 0 Å². The van der Waals surface area contributed by atoms with Crippen LogP contribution < -0.4 is 0 Å². The van der Waals surface area contributed by atoms with Crippen molar-refractivity contribution in [1.29, 1.82) is 0 Å². The molecule has 0 aromatic rings. The van der Waals surface area contributed by atoms with E-state index in [1.165, 1.54) is 0 Å². The molecule has 0 rings (SSSR count). The minimum Gasteiger partial charge on any atom is -0.0882 e. The smallest absolute Gasteiger partial charge is 0.0225 e. The summed E-state index contributed by atoms with van der Waals surface area (Å²) in [6, 6.07) is 0. The third-order valence-electron chi connectivity index (χ3n) is 0.785. The zero-order valence-corrected chi connectivity index (χ0v) is 8.57. The van der Waals surface area contributed by atoms with Gasteiger partial charge in [0, 0.05) is 9.81 Å². The third-order valence-corrected chi connectivity index (χ3v) is 1.70. The molecule has 0 aliphatic carbocycles. The van der Waals surface area contributed by atoms with E-state index < -0.39 is 0 Å². The summed E-state index contributed by atoms with van der Waals surface area (Å²) in [5.41, 5.74) is 0. The number of hydrogen-bond acceptors (Lipinski definition) is 0. The van der Waals surface area contributed by atoms with Crippen molar-refractivity contribution in [3.05, 3.63) is 22.7 Å². The Kier molecular flexibility index (Phi) is 6.88. The summed E-state index contributed by atoms with van der Waals surface area (Å²) in [5, 5.41) is 0.904. The van der Waals surface area contributed by atoms with Gasteiger partial charge in [0.05, 0.1) is 0 Å². The highest BCUT2D eigenvalue weighted by atomic mass is 79.9. The van der Waals surface area contributed by atoms with E-state index in [0.717, 1.165) is 16.2 Å². The van der Waals surface area contributed by atoms with Crippen molar-refractivity contribution in [3.8, 4) is 0 Å². The van der Waals surface area contributed by atoms with Crippen LogP contribution in [0.1, 0.15) is 13.3 Å². The Morgan fingerprint density at radius 1 is 1.56 bits per heavy atom. The lowest BCUT2D eigenvalue weighted by atomic mass is 10.4. The van der Waals surface area contributed by atoms with Crippen molar-refractivity contribution >= 4 is 31.9 Å². The Hall–Kier alpha value is 0.440. The van der Waals surface area contributed by atoms with Gasteiger partial charge in [0.15, 0.2) is 0 Å². The van der Waals surface area contributed by atoms with Crippen molar-refractivity contribution in [2.75, 3.05) is 5.33 Å². The summed E-state index contributed by atoms with van der Waals surface area (Å²) >= 11 is 6.68. The van der Waals surface area contributed by atoms with Gasteiger partial charge in [-0.1, -0.05) is 57.0 Å². The molecule has 0 heterocycles. The molecular formula is C7H10Br2. The molecule has 0 spiro atoms. The van der Waals surface area contributed by atoms with Gasteiger partial charge in [0.2, 0.25) is 0 Å². The van der Waals surface area contributed by atoms with Crippen molar-refractivity contribution in [3.63, 3.8) is 0 Å². The number of alkyl halides is 1. The molecule has 0 radical (unpaired) electrons. The molecule has 2 heteroatoms. The number of halogens is 2. The van der Waals surface area contributed by atoms with Gasteiger partial charge >= 0.3 is 0 Å². The minimum atomic E-state index is 0.904. The fourth-order valence-corrected chi connectivity index (χ4v) is 1.50. The molecule has 0 N–H and O–H groups in total. The number of hydrogen-bond donors (Lipinski definition) is 0. The summed E-state index contributed by atoms with van der Waals surface area (Å²) in [6.07, 6.45) is 7.32. The fraction of sp³-hybridized carbons (Fsp3) is 0.429. The average molecular weight is 254 g/mol. The topological polar surface area (TPSA) is 0 Å². The van der Waals surface area contributed by atoms with Crippen LogP contribution >= 0.6 is 31.9 Å². The van der Waals surface area contributed by atoms with Crippen LogP contribution in [0, 0.1) is 0 Å². The predicted molar refractivity (Wildman–Crippen MR) is 50.2 cm³/mol. The van der Waals surface area contributed by atoms with E-state index in [4.69, 9.17) is 0 Å². The van der Waals surface area contributed by atoms with E-state index >= 15 is 0 Å². The van der Waals surface area contributed by atoms with Crippen LogP contribution in [0.15, 0.2) is 22.7 Å². The maximum atomic E-state index is 3.38. The van der Waals surface area contributed by atoms with E-state index in [1.807, 2.05) is 0 Å². The van der Waals surface area contributed by atoms with Crippen molar-refractivity contribution in [2.45, 2.75) is 13.3 Å². The SMILES string of the molecule is CC/C=C\C(Br)=C/CBr. The fourth-order valence-electron chi connectivity index (χ4n) is 0.372. The summed E-state index contributed by atoms with van der Waals surface area (Å²) in [7, 11) is 0. The molecule has 0 fully saturated rings. The van der Waals surface area contributed by atoms with Crippen molar-refractivity contribution in [1.82, 2.24) is 0 Å². The number of rotatable bonds is 3. The largest absolute Gasteiger partial charge is 0.0882 e. The molecule has 0 nitrogen and oxygen atoms in total. The predicted octanol–water partition coefficient (Wildman–Crippen LogP) is 3.63. The second kappa shape index (κ2) is 6.56. The summed E-state index contributed by atoms with van der Waals surface area (Å²) in [6.45, 7) is 2.12. The average Bonchev–Trinajstić information content (AvgIpc) is 1.85. The monoisotopic (exact) mass is 252 g/mol. The van der Waals surface area contributed by atoms with E-state index in [1.54, 1.807) is 0 Å². The van der Waals surface area contributed by atoms with Gasteiger partial charge in [-0.3, -0.25) is 0 Å². The molecule has 0 saturated heterocycles. The van der Waals surface area contributed by atoms with Crippen LogP contribution in [0.2, 0.25) is 0 Å². The lowest BCUT2D eigenvalue weighted by Gasteiger charge is -1.84. The van der Waals surface area contributed by atoms with Crippen LogP contribution in [-0.2, 0) is 0 Å². The van der Waals surface area contributed by atoms with E-state index in [9.17, 15) is 0 Å². The van der Waals surface area contributed by atoms with Crippen LogP contribution in [-0.4, -0.2) is 5.33 Å². The quantitative estimate of drug-likeness (QED) is 0.532. The molecule has 0 bridgehead atoms. The molecule has 0 saturated carbocycles. The van der Waals surface area contributed by atoms with Gasteiger partial charge in [-0.05, 0) is 6.42 Å². The van der Waals surface area contributed by atoms with Gasteiger partial charge in [-0.25, -0.2) is 0 Å². The maximum absolute atomic E-state index is 3.38. The molecule has 0 aromatic heterocycles. The van der Waals surface area contributed by atoms with Crippen molar-refractivity contribution < 1.29 is 0 Å². The molecule has 0 aliphatic rings. The Morgan fingerprint density at radius 2 is 2.22 bits per heavy atom. The van der Waals surface area contributed by atoms with Gasteiger partial charge in [-0.15, -0.1) is 0 Å². The zero-order valence-electron chi connectivity index (χ0n) is 5.40. The molecule has 0 aromatic carbocycles. The maximum Gasteiger partial charge on any atom is 0.0225 e. The highest BCUT2D eigenvalue weighted by Crippen LogP contribution is 2.07. The lowest BCUT2D eigenvalue weighted by Crippen LogP contribution is -1.64. The van der Waals surface area contributed by atoms with Gasteiger partial charge < -0.3 is 0 Å². The van der Waals surface area contributed by atoms with Gasteiger partial charge in [-0.2, -0.15) is 0 Å². The highest BCUT2D eigenvalue weighted by molar-refractivity contribution is 9.12. The molecule has 0 atom stereocenters. The zero-order chi connectivity index (χ0) is 7.11. The second-order valence-corrected chi connectivity index (χ2v) is 3.12. The van der Waals surface area contributed by atoms with E-state index in [2.05, 4.69) is 57.0 Å². The molecule has 0 unspecified atom stereocenters. The first kappa shape index (κ1) is 9.44. The Bertz CT molecular complexity index is 114. The normalized spacial score (nSPS) is 13.0. The van der Waals surface area contributed by atoms with Gasteiger partial charge in [0.25, 0.3) is 0 Å². The Labute approximate surface area is 73.3 Å². The Morgan fingerprint density at radius 3 is 2.67 bits per heavy atom. The van der Waals surface area contributed by atoms with Crippen LogP contribution in [0.3, 0.4) is 0 Å². The summed E-state index contributed by atoms with van der Waals surface area (Å²) in [5.74, 6) is 0. The molecule has 0 amide bonds. The van der Waals surface area contributed by atoms with Crippen LogP contribution in [0.5, 0.6) is 0 Å². The first-order chi connectivity index (χ1) is 4.31. The van der Waals surface area contributed by atoms with Gasteiger partial charge in [0.1, 0.15) is 0 Å². The molecule has 0 aliphatic heterocycles. The first-order valence-electron chi connectivity index (χ1n) is 2.89. The Balaban J connectivity index is 3.60. The summed E-state index contributed by atoms with van der Waals surface area (Å²) in [4.78, 5) is 0. The molecule has 9 heavy (non-hydrogen) atoms. The third kappa shape index (κ3) is 6.32. The van der Waals surface area contributed by atoms with E-state index in [-0.39, 0.29) is 0 Å². The number of allylic oxidation sites excluding steroid dienone is 4. The minimum absolute atomic E-state index is 0.904. The van der Waals surface area contributed by atoms with Crippen LogP contribution in [0.25, 0.3) is 0 Å². The van der Waals surface area contributed by atoms with Crippen molar-refractivity contribution in [2.24, 2.45) is 0 Å². The molecule has 52 valence electrons. The summed E-state index contributed by atoms with van der Waals surface area (Å²) < 4.78 is 1.14. The standard InChI is InChI=1S/C7H10Br2/c1-2-3-4-7(9)5-6-8/h3-5H,2,6H2,1H3/b4-3-,7-5+. The second-order valence-electron chi connectivity index (χ2n) is 1.55. The molecular weight excluding hydrogens is 244 g/mol. The highest BCUT2D eigenvalue weighted by Gasteiger charge is 1.78.